The number of thioether (sulfide) groups is 1. The Kier molecular flexibility index (Phi) is 3.65. The molecule has 1 aliphatic heterocycles. The van der Waals surface area contributed by atoms with Gasteiger partial charge in [-0.05, 0) is 17.7 Å². The first-order valence-electron chi connectivity index (χ1n) is 5.15. The van der Waals surface area contributed by atoms with E-state index in [4.69, 9.17) is 10.5 Å². The average Bonchev–Trinajstić information content (AvgIpc) is 2.22. The van der Waals surface area contributed by atoms with Crippen LogP contribution in [0.2, 0.25) is 0 Å². The number of ether oxygens (including phenoxy) is 1. The molecule has 17 heavy (non-hydrogen) atoms. The van der Waals surface area contributed by atoms with Crippen LogP contribution in [0.25, 0.3) is 0 Å². The Morgan fingerprint density at radius 3 is 2.53 bits per heavy atom. The van der Waals surface area contributed by atoms with Crippen LogP contribution in [0.1, 0.15) is 11.1 Å². The van der Waals surface area contributed by atoms with Crippen LogP contribution in [0.4, 0.5) is 13.2 Å². The van der Waals surface area contributed by atoms with Gasteiger partial charge in [0, 0.05) is 11.4 Å². The Morgan fingerprint density at radius 2 is 2.06 bits per heavy atom. The Labute approximate surface area is 101 Å². The van der Waals surface area contributed by atoms with Crippen LogP contribution < -0.4 is 5.73 Å². The van der Waals surface area contributed by atoms with E-state index in [1.807, 2.05) is 0 Å². The molecular weight excluding hydrogens is 251 g/mol. The highest BCUT2D eigenvalue weighted by Crippen LogP contribution is 2.39. The van der Waals surface area contributed by atoms with Gasteiger partial charge in [0.05, 0.1) is 24.0 Å². The molecule has 0 aliphatic carbocycles. The number of hydrogen-bond donors (Lipinski definition) is 1. The summed E-state index contributed by atoms with van der Waals surface area (Å²) in [6, 6.07) is 4.26. The van der Waals surface area contributed by atoms with Gasteiger partial charge >= 0.3 is 6.18 Å². The molecule has 0 amide bonds. The maximum atomic E-state index is 12.9. The van der Waals surface area contributed by atoms with Crippen LogP contribution in [0.5, 0.6) is 0 Å². The largest absolute Gasteiger partial charge is 0.417 e. The standard InChI is InChI=1S/C11H12F3NOS/c12-11(13,14)9-3-7(4-15)1-2-10(9)17-8-5-16-6-8/h1-3,8H,4-6,15H2. The minimum Gasteiger partial charge on any atom is -0.379 e. The number of nitrogens with two attached hydrogens (primary N) is 1. The zero-order chi connectivity index (χ0) is 12.5. The van der Waals surface area contributed by atoms with Gasteiger partial charge < -0.3 is 10.5 Å². The Hall–Kier alpha value is -0.720. The molecule has 1 aromatic rings. The summed E-state index contributed by atoms with van der Waals surface area (Å²) in [5.74, 6) is 0. The molecule has 0 radical (unpaired) electrons. The zero-order valence-corrected chi connectivity index (χ0v) is 9.77. The molecule has 0 spiro atoms. The number of benzene rings is 1. The molecule has 2 rings (SSSR count). The van der Waals surface area contributed by atoms with Gasteiger partial charge in [-0.2, -0.15) is 13.2 Å². The summed E-state index contributed by atoms with van der Waals surface area (Å²) < 4.78 is 43.5. The molecule has 94 valence electrons. The molecule has 1 aromatic carbocycles. The van der Waals surface area contributed by atoms with Gasteiger partial charge in [0.2, 0.25) is 0 Å². The van der Waals surface area contributed by atoms with Crippen molar-refractivity contribution in [3.05, 3.63) is 29.3 Å². The van der Waals surface area contributed by atoms with Gasteiger partial charge in [0.25, 0.3) is 0 Å². The molecule has 1 heterocycles. The van der Waals surface area contributed by atoms with Crippen LogP contribution in [0, 0.1) is 0 Å². The highest BCUT2D eigenvalue weighted by atomic mass is 32.2. The summed E-state index contributed by atoms with van der Waals surface area (Å²) in [6.45, 7) is 1.14. The van der Waals surface area contributed by atoms with Gasteiger partial charge in [0.1, 0.15) is 0 Å². The van der Waals surface area contributed by atoms with E-state index >= 15 is 0 Å². The first-order chi connectivity index (χ1) is 8.00. The van der Waals surface area contributed by atoms with Gasteiger partial charge in [-0.1, -0.05) is 6.07 Å². The molecule has 0 aromatic heterocycles. The minimum atomic E-state index is -4.34. The van der Waals surface area contributed by atoms with E-state index in [0.29, 0.717) is 18.8 Å². The van der Waals surface area contributed by atoms with Crippen LogP contribution in [0.15, 0.2) is 23.1 Å². The van der Waals surface area contributed by atoms with Gasteiger partial charge in [-0.25, -0.2) is 0 Å². The van der Waals surface area contributed by atoms with Crippen molar-refractivity contribution in [2.24, 2.45) is 5.73 Å². The molecule has 0 bridgehead atoms. The van der Waals surface area contributed by atoms with Crippen LogP contribution in [-0.4, -0.2) is 18.5 Å². The lowest BCUT2D eigenvalue weighted by Crippen LogP contribution is -2.30. The fourth-order valence-electron chi connectivity index (χ4n) is 1.49. The van der Waals surface area contributed by atoms with Crippen molar-refractivity contribution in [2.45, 2.75) is 22.9 Å². The second-order valence-electron chi connectivity index (χ2n) is 3.81. The SMILES string of the molecule is NCc1ccc(SC2COC2)c(C(F)(F)F)c1. The fourth-order valence-corrected chi connectivity index (χ4v) is 2.63. The van der Waals surface area contributed by atoms with Crippen molar-refractivity contribution in [2.75, 3.05) is 13.2 Å². The summed E-state index contributed by atoms with van der Waals surface area (Å²) in [4.78, 5) is 0.253. The molecular formula is C11H12F3NOS. The van der Waals surface area contributed by atoms with Crippen LogP contribution in [0.3, 0.4) is 0 Å². The third kappa shape index (κ3) is 2.94. The summed E-state index contributed by atoms with van der Waals surface area (Å²) in [5, 5.41) is 0.125. The van der Waals surface area contributed by atoms with E-state index in [1.165, 1.54) is 17.8 Å². The summed E-state index contributed by atoms with van der Waals surface area (Å²) in [6.07, 6.45) is -4.34. The first kappa shape index (κ1) is 12.7. The van der Waals surface area contributed by atoms with E-state index < -0.39 is 11.7 Å². The maximum Gasteiger partial charge on any atom is 0.417 e. The number of halogens is 3. The van der Waals surface area contributed by atoms with Crippen molar-refractivity contribution in [3.63, 3.8) is 0 Å². The monoisotopic (exact) mass is 263 g/mol. The van der Waals surface area contributed by atoms with Gasteiger partial charge in [0.15, 0.2) is 0 Å². The second-order valence-corrected chi connectivity index (χ2v) is 5.15. The predicted octanol–water partition coefficient (Wildman–Crippen LogP) is 2.66. The Balaban J connectivity index is 2.28. The van der Waals surface area contributed by atoms with Gasteiger partial charge in [-0.15, -0.1) is 11.8 Å². The average molecular weight is 263 g/mol. The van der Waals surface area contributed by atoms with Gasteiger partial charge in [-0.3, -0.25) is 0 Å². The molecule has 0 atom stereocenters. The number of alkyl halides is 3. The summed E-state index contributed by atoms with van der Waals surface area (Å²) in [5.41, 5.74) is 5.25. The van der Waals surface area contributed by atoms with Crippen LogP contribution in [-0.2, 0) is 17.5 Å². The predicted molar refractivity (Wildman–Crippen MR) is 59.8 cm³/mol. The van der Waals surface area contributed by atoms with Crippen molar-refractivity contribution in [1.82, 2.24) is 0 Å². The van der Waals surface area contributed by atoms with Crippen molar-refractivity contribution >= 4 is 11.8 Å². The third-order valence-electron chi connectivity index (χ3n) is 2.49. The topological polar surface area (TPSA) is 35.2 Å². The molecule has 1 aliphatic rings. The van der Waals surface area contributed by atoms with E-state index in [-0.39, 0.29) is 16.7 Å². The fraction of sp³-hybridized carbons (Fsp3) is 0.455. The molecule has 1 saturated heterocycles. The van der Waals surface area contributed by atoms with E-state index in [9.17, 15) is 13.2 Å². The molecule has 0 unspecified atom stereocenters. The lowest BCUT2D eigenvalue weighted by molar-refractivity contribution is -0.139. The normalized spacial score (nSPS) is 16.9. The molecule has 2 nitrogen and oxygen atoms in total. The van der Waals surface area contributed by atoms with Crippen LogP contribution >= 0.6 is 11.8 Å². The smallest absolute Gasteiger partial charge is 0.379 e. The summed E-state index contributed by atoms with van der Waals surface area (Å²) in [7, 11) is 0. The lowest BCUT2D eigenvalue weighted by atomic mass is 10.1. The van der Waals surface area contributed by atoms with Crippen molar-refractivity contribution in [3.8, 4) is 0 Å². The summed E-state index contributed by atoms with van der Waals surface area (Å²) >= 11 is 1.22. The molecule has 6 heteroatoms. The molecule has 0 saturated carbocycles. The van der Waals surface area contributed by atoms with Crippen molar-refractivity contribution < 1.29 is 17.9 Å². The van der Waals surface area contributed by atoms with E-state index in [1.54, 1.807) is 6.07 Å². The Morgan fingerprint density at radius 1 is 1.35 bits per heavy atom. The molecule has 2 N–H and O–H groups in total. The highest BCUT2D eigenvalue weighted by Gasteiger charge is 2.35. The quantitative estimate of drug-likeness (QED) is 0.910. The van der Waals surface area contributed by atoms with E-state index in [2.05, 4.69) is 0 Å². The van der Waals surface area contributed by atoms with Crippen molar-refractivity contribution in [1.29, 1.82) is 0 Å². The number of hydrogen-bond acceptors (Lipinski definition) is 3. The Bertz CT molecular complexity index is 404. The first-order valence-corrected chi connectivity index (χ1v) is 6.03. The number of rotatable bonds is 3. The second kappa shape index (κ2) is 4.88. The molecule has 1 fully saturated rings. The third-order valence-corrected chi connectivity index (χ3v) is 3.70. The minimum absolute atomic E-state index is 0.112. The van der Waals surface area contributed by atoms with E-state index in [0.717, 1.165) is 6.07 Å². The maximum absolute atomic E-state index is 12.9. The lowest BCUT2D eigenvalue weighted by Gasteiger charge is -2.26. The zero-order valence-electron chi connectivity index (χ0n) is 8.96. The highest BCUT2D eigenvalue weighted by molar-refractivity contribution is 8.00.